The minimum atomic E-state index is -0.101. The number of hydrogen-bond donors (Lipinski definition) is 1. The molecule has 2 rings (SSSR count). The molecule has 4 nitrogen and oxygen atoms in total. The van der Waals surface area contributed by atoms with E-state index in [1.165, 1.54) is 6.20 Å². The lowest BCUT2D eigenvalue weighted by atomic mass is 10.2. The Morgan fingerprint density at radius 1 is 1.26 bits per heavy atom. The minimum Gasteiger partial charge on any atom is -0.438 e. The van der Waals surface area contributed by atoms with Crippen molar-refractivity contribution in [3.05, 3.63) is 52.7 Å². The SMILES string of the molecule is COCc1cccc(Oc2ncc(CO)cc2Cl)c1. The average molecular weight is 280 g/mol. The highest BCUT2D eigenvalue weighted by Crippen LogP contribution is 2.28. The maximum atomic E-state index is 8.98. The number of methoxy groups -OCH3 is 1. The van der Waals surface area contributed by atoms with Gasteiger partial charge < -0.3 is 14.6 Å². The van der Waals surface area contributed by atoms with Crippen molar-refractivity contribution < 1.29 is 14.6 Å². The summed E-state index contributed by atoms with van der Waals surface area (Å²) in [6.07, 6.45) is 1.53. The molecule has 0 aliphatic rings. The molecule has 0 amide bonds. The molecule has 5 heteroatoms. The summed E-state index contributed by atoms with van der Waals surface area (Å²) in [5, 5.41) is 9.35. The molecule has 0 atom stereocenters. The lowest BCUT2D eigenvalue weighted by Gasteiger charge is -2.08. The fraction of sp³-hybridized carbons (Fsp3) is 0.214. The predicted octanol–water partition coefficient (Wildman–Crippen LogP) is 3.17. The van der Waals surface area contributed by atoms with Crippen molar-refractivity contribution >= 4 is 11.6 Å². The smallest absolute Gasteiger partial charge is 0.238 e. The van der Waals surface area contributed by atoms with Crippen LogP contribution < -0.4 is 4.74 Å². The van der Waals surface area contributed by atoms with Gasteiger partial charge in [0.1, 0.15) is 10.8 Å². The number of aromatic nitrogens is 1. The highest BCUT2D eigenvalue weighted by atomic mass is 35.5. The Morgan fingerprint density at radius 3 is 2.79 bits per heavy atom. The van der Waals surface area contributed by atoms with Gasteiger partial charge in [-0.1, -0.05) is 23.7 Å². The van der Waals surface area contributed by atoms with Crippen LogP contribution in [0.2, 0.25) is 5.02 Å². The van der Waals surface area contributed by atoms with Crippen LogP contribution in [0.25, 0.3) is 0 Å². The molecule has 0 aliphatic carbocycles. The van der Waals surface area contributed by atoms with E-state index in [4.69, 9.17) is 26.2 Å². The Labute approximate surface area is 116 Å². The van der Waals surface area contributed by atoms with Gasteiger partial charge in [-0.15, -0.1) is 0 Å². The van der Waals surface area contributed by atoms with Crippen LogP contribution in [0, 0.1) is 0 Å². The molecule has 0 aliphatic heterocycles. The van der Waals surface area contributed by atoms with Gasteiger partial charge in [0.05, 0.1) is 13.2 Å². The van der Waals surface area contributed by atoms with Crippen molar-refractivity contribution in [1.82, 2.24) is 4.98 Å². The number of benzene rings is 1. The molecule has 100 valence electrons. The van der Waals surface area contributed by atoms with Gasteiger partial charge >= 0.3 is 0 Å². The largest absolute Gasteiger partial charge is 0.438 e. The van der Waals surface area contributed by atoms with Gasteiger partial charge in [-0.25, -0.2) is 4.98 Å². The van der Waals surface area contributed by atoms with Crippen molar-refractivity contribution in [3.63, 3.8) is 0 Å². The summed E-state index contributed by atoms with van der Waals surface area (Å²) in [5.74, 6) is 0.953. The first kappa shape index (κ1) is 13.8. The zero-order valence-corrected chi connectivity index (χ0v) is 11.2. The molecule has 19 heavy (non-hydrogen) atoms. The zero-order chi connectivity index (χ0) is 13.7. The maximum Gasteiger partial charge on any atom is 0.238 e. The van der Waals surface area contributed by atoms with Crippen molar-refractivity contribution in [2.75, 3.05) is 7.11 Å². The van der Waals surface area contributed by atoms with Crippen molar-refractivity contribution in [1.29, 1.82) is 0 Å². The second kappa shape index (κ2) is 6.52. The van der Waals surface area contributed by atoms with Gasteiger partial charge in [0.15, 0.2) is 0 Å². The summed E-state index contributed by atoms with van der Waals surface area (Å²) in [4.78, 5) is 4.07. The molecule has 0 unspecified atom stereocenters. The molecule has 1 N–H and O–H groups in total. The van der Waals surface area contributed by atoms with Crippen LogP contribution in [0.4, 0.5) is 0 Å². The zero-order valence-electron chi connectivity index (χ0n) is 10.5. The topological polar surface area (TPSA) is 51.6 Å². The Bertz CT molecular complexity index is 560. The molecule has 1 aromatic heterocycles. The molecule has 0 saturated carbocycles. The third-order valence-electron chi connectivity index (χ3n) is 2.47. The van der Waals surface area contributed by atoms with E-state index in [-0.39, 0.29) is 6.61 Å². The van der Waals surface area contributed by atoms with Gasteiger partial charge in [-0.2, -0.15) is 0 Å². The monoisotopic (exact) mass is 279 g/mol. The van der Waals surface area contributed by atoms with E-state index in [0.717, 1.165) is 5.56 Å². The summed E-state index contributed by atoms with van der Waals surface area (Å²) in [5.41, 5.74) is 1.65. The second-order valence-corrected chi connectivity index (χ2v) is 4.38. The van der Waals surface area contributed by atoms with Gasteiger partial charge in [-0.3, -0.25) is 0 Å². The lowest BCUT2D eigenvalue weighted by molar-refractivity contribution is 0.184. The third kappa shape index (κ3) is 3.67. The van der Waals surface area contributed by atoms with Gasteiger partial charge in [0.2, 0.25) is 5.88 Å². The lowest BCUT2D eigenvalue weighted by Crippen LogP contribution is -1.93. The van der Waals surface area contributed by atoms with Crippen LogP contribution in [-0.2, 0) is 18.0 Å². The van der Waals surface area contributed by atoms with Gasteiger partial charge in [-0.05, 0) is 29.3 Å². The molecular formula is C14H14ClNO3. The molecule has 0 radical (unpaired) electrons. The summed E-state index contributed by atoms with van der Waals surface area (Å²) in [7, 11) is 1.64. The molecule has 1 aromatic carbocycles. The number of nitrogens with zero attached hydrogens (tertiary/aromatic N) is 1. The standard InChI is InChI=1S/C14H14ClNO3/c1-18-9-10-3-2-4-12(5-10)19-14-13(15)6-11(8-17)7-16-14/h2-7,17H,8-9H2,1H3. The number of aliphatic hydroxyl groups is 1. The van der Waals surface area contributed by atoms with Crippen LogP contribution >= 0.6 is 11.6 Å². The van der Waals surface area contributed by atoms with Gasteiger partial charge in [0, 0.05) is 13.3 Å². The van der Waals surface area contributed by atoms with E-state index in [1.807, 2.05) is 24.3 Å². The van der Waals surface area contributed by atoms with Crippen LogP contribution in [0.5, 0.6) is 11.6 Å². The van der Waals surface area contributed by atoms with E-state index < -0.39 is 0 Å². The molecule has 2 aromatic rings. The highest BCUT2D eigenvalue weighted by molar-refractivity contribution is 6.31. The van der Waals surface area contributed by atoms with E-state index >= 15 is 0 Å². The predicted molar refractivity (Wildman–Crippen MR) is 72.4 cm³/mol. The number of ether oxygens (including phenoxy) is 2. The van der Waals surface area contributed by atoms with Crippen LogP contribution in [-0.4, -0.2) is 17.2 Å². The summed E-state index contributed by atoms with van der Waals surface area (Å²) >= 11 is 6.04. The molecule has 0 saturated heterocycles. The third-order valence-corrected chi connectivity index (χ3v) is 2.74. The average Bonchev–Trinajstić information content (AvgIpc) is 2.42. The summed E-state index contributed by atoms with van der Waals surface area (Å²) < 4.78 is 10.7. The number of pyridine rings is 1. The van der Waals surface area contributed by atoms with Crippen LogP contribution in [0.1, 0.15) is 11.1 Å². The van der Waals surface area contributed by atoms with E-state index in [0.29, 0.717) is 28.8 Å². The molecular weight excluding hydrogens is 266 g/mol. The number of rotatable bonds is 5. The first-order valence-electron chi connectivity index (χ1n) is 5.74. The highest BCUT2D eigenvalue weighted by Gasteiger charge is 2.06. The normalized spacial score (nSPS) is 10.5. The fourth-order valence-corrected chi connectivity index (χ4v) is 1.83. The number of aliphatic hydroxyl groups excluding tert-OH is 1. The first-order chi connectivity index (χ1) is 9.22. The van der Waals surface area contributed by atoms with Crippen molar-refractivity contribution in [2.45, 2.75) is 13.2 Å². The minimum absolute atomic E-state index is 0.101. The van der Waals surface area contributed by atoms with E-state index in [1.54, 1.807) is 13.2 Å². The van der Waals surface area contributed by atoms with Gasteiger partial charge in [0.25, 0.3) is 0 Å². The Balaban J connectivity index is 2.18. The maximum absolute atomic E-state index is 8.98. The van der Waals surface area contributed by atoms with Crippen molar-refractivity contribution in [2.24, 2.45) is 0 Å². The Hall–Kier alpha value is -1.62. The summed E-state index contributed by atoms with van der Waals surface area (Å²) in [6.45, 7) is 0.415. The number of halogens is 1. The van der Waals surface area contributed by atoms with Crippen LogP contribution in [0.3, 0.4) is 0 Å². The van der Waals surface area contributed by atoms with Crippen LogP contribution in [0.15, 0.2) is 36.5 Å². The first-order valence-corrected chi connectivity index (χ1v) is 6.11. The molecule has 1 heterocycles. The van der Waals surface area contributed by atoms with E-state index in [2.05, 4.69) is 4.98 Å². The molecule has 0 spiro atoms. The molecule has 0 bridgehead atoms. The van der Waals surface area contributed by atoms with Crippen molar-refractivity contribution in [3.8, 4) is 11.6 Å². The fourth-order valence-electron chi connectivity index (χ4n) is 1.60. The molecule has 0 fully saturated rings. The Kier molecular flexibility index (Phi) is 4.74. The van der Waals surface area contributed by atoms with E-state index in [9.17, 15) is 0 Å². The second-order valence-electron chi connectivity index (χ2n) is 3.97. The number of hydrogen-bond acceptors (Lipinski definition) is 4. The summed E-state index contributed by atoms with van der Waals surface area (Å²) in [6, 6.07) is 9.13. The Morgan fingerprint density at radius 2 is 2.11 bits per heavy atom. The quantitative estimate of drug-likeness (QED) is 0.913.